The van der Waals surface area contributed by atoms with E-state index in [4.69, 9.17) is 26.2 Å². The Morgan fingerprint density at radius 2 is 1.68 bits per heavy atom. The number of rotatable bonds is 12. The van der Waals surface area contributed by atoms with Crippen LogP contribution in [0, 0.1) is 11.8 Å². The molecule has 2 aromatic carbocycles. The van der Waals surface area contributed by atoms with Gasteiger partial charge in [0.15, 0.2) is 0 Å². The highest BCUT2D eigenvalue weighted by molar-refractivity contribution is 6.30. The molecule has 5 rings (SSSR count). The summed E-state index contributed by atoms with van der Waals surface area (Å²) < 4.78 is 12.0. The lowest BCUT2D eigenvalue weighted by atomic mass is 9.70. The molecule has 0 radical (unpaired) electrons. The van der Waals surface area contributed by atoms with Gasteiger partial charge < -0.3 is 30.1 Å². The summed E-state index contributed by atoms with van der Waals surface area (Å²) in [5.41, 5.74) is 0.111. The Morgan fingerprint density at radius 3 is 2.35 bits per heavy atom. The molecular weight excluding hydrogens is 534 g/mol. The van der Waals surface area contributed by atoms with Crippen molar-refractivity contribution >= 4 is 40.7 Å². The number of hydrogen-bond donors (Lipinski definition) is 3. The fourth-order valence-electron chi connectivity index (χ4n) is 6.51. The van der Waals surface area contributed by atoms with Crippen molar-refractivity contribution in [2.24, 2.45) is 11.8 Å². The molecule has 3 N–H and O–H groups in total. The minimum Gasteiger partial charge on any atom is -0.494 e. The highest BCUT2D eigenvalue weighted by Crippen LogP contribution is 2.58. The number of unbranched alkanes of at least 4 members (excludes halogenated alkanes) is 3. The molecule has 9 nitrogen and oxygen atoms in total. The predicted octanol–water partition coefficient (Wildman–Crippen LogP) is 4.24. The molecule has 3 amide bonds. The molecular formula is C30H36ClN3O6. The second-order valence-electron chi connectivity index (χ2n) is 10.7. The fourth-order valence-corrected chi connectivity index (χ4v) is 6.64. The Labute approximate surface area is 239 Å². The zero-order chi connectivity index (χ0) is 28.3. The molecule has 3 heterocycles. The first-order valence-electron chi connectivity index (χ1n) is 14.1. The number of anilines is 2. The highest BCUT2D eigenvalue weighted by atomic mass is 35.5. The van der Waals surface area contributed by atoms with E-state index in [2.05, 4.69) is 10.6 Å². The summed E-state index contributed by atoms with van der Waals surface area (Å²) in [6.07, 6.45) is 3.72. The van der Waals surface area contributed by atoms with Crippen LogP contribution >= 0.6 is 11.6 Å². The lowest BCUT2D eigenvalue weighted by Gasteiger charge is -2.33. The minimum atomic E-state index is -1.07. The van der Waals surface area contributed by atoms with Crippen molar-refractivity contribution in [2.45, 2.75) is 63.2 Å². The van der Waals surface area contributed by atoms with Crippen molar-refractivity contribution in [1.29, 1.82) is 0 Å². The number of ether oxygens (including phenoxy) is 2. The molecule has 2 aromatic rings. The van der Waals surface area contributed by atoms with Gasteiger partial charge in [0.1, 0.15) is 17.4 Å². The van der Waals surface area contributed by atoms with Gasteiger partial charge in [-0.3, -0.25) is 14.4 Å². The third kappa shape index (κ3) is 5.42. The van der Waals surface area contributed by atoms with Gasteiger partial charge in [0.05, 0.1) is 24.5 Å². The Balaban J connectivity index is 1.38. The van der Waals surface area contributed by atoms with Gasteiger partial charge in [-0.2, -0.15) is 0 Å². The van der Waals surface area contributed by atoms with Crippen molar-refractivity contribution in [2.75, 3.05) is 30.4 Å². The molecule has 40 heavy (non-hydrogen) atoms. The number of aliphatic hydroxyl groups excluding tert-OH is 1. The average Bonchev–Trinajstić information content (AvgIpc) is 3.58. The number of aliphatic hydroxyl groups is 1. The van der Waals surface area contributed by atoms with E-state index in [9.17, 15) is 14.4 Å². The van der Waals surface area contributed by atoms with Gasteiger partial charge in [-0.1, -0.05) is 24.4 Å². The third-order valence-electron chi connectivity index (χ3n) is 8.20. The zero-order valence-electron chi connectivity index (χ0n) is 22.6. The molecule has 0 aromatic heterocycles. The molecule has 3 fully saturated rings. The predicted molar refractivity (Wildman–Crippen MR) is 151 cm³/mol. The molecule has 0 saturated carbocycles. The monoisotopic (exact) mass is 569 g/mol. The number of likely N-dealkylation sites (tertiary alicyclic amines) is 1. The first-order valence-corrected chi connectivity index (χ1v) is 14.4. The molecule has 5 atom stereocenters. The van der Waals surface area contributed by atoms with E-state index < -0.39 is 29.6 Å². The van der Waals surface area contributed by atoms with Crippen molar-refractivity contribution < 1.29 is 29.0 Å². The zero-order valence-corrected chi connectivity index (χ0v) is 23.4. The number of carbonyl (C=O) groups excluding carboxylic acids is 3. The van der Waals surface area contributed by atoms with Gasteiger partial charge in [-0.25, -0.2) is 0 Å². The van der Waals surface area contributed by atoms with Crippen LogP contribution in [0.2, 0.25) is 5.02 Å². The van der Waals surface area contributed by atoms with E-state index in [0.29, 0.717) is 61.0 Å². The maximum absolute atomic E-state index is 14.0. The van der Waals surface area contributed by atoms with Gasteiger partial charge in [-0.05, 0) is 81.1 Å². The maximum atomic E-state index is 14.0. The second-order valence-corrected chi connectivity index (χ2v) is 11.1. The average molecular weight is 570 g/mol. The van der Waals surface area contributed by atoms with E-state index in [1.54, 1.807) is 53.4 Å². The van der Waals surface area contributed by atoms with Crippen LogP contribution in [-0.2, 0) is 19.1 Å². The van der Waals surface area contributed by atoms with Crippen molar-refractivity contribution in [3.63, 3.8) is 0 Å². The molecule has 10 heteroatoms. The van der Waals surface area contributed by atoms with E-state index in [0.717, 1.165) is 12.8 Å². The van der Waals surface area contributed by atoms with Gasteiger partial charge in [0, 0.05) is 29.5 Å². The summed E-state index contributed by atoms with van der Waals surface area (Å²) in [7, 11) is 0. The number of fused-ring (bicyclic) bond motifs is 1. The topological polar surface area (TPSA) is 117 Å². The van der Waals surface area contributed by atoms with Crippen LogP contribution in [0.1, 0.15) is 45.4 Å². The van der Waals surface area contributed by atoms with E-state index in [1.807, 2.05) is 6.92 Å². The van der Waals surface area contributed by atoms with E-state index >= 15 is 0 Å². The number of benzene rings is 2. The summed E-state index contributed by atoms with van der Waals surface area (Å²) >= 11 is 6.01. The Kier molecular flexibility index (Phi) is 8.63. The first-order chi connectivity index (χ1) is 19.4. The van der Waals surface area contributed by atoms with Crippen LogP contribution < -0.4 is 15.4 Å². The molecule has 3 aliphatic heterocycles. The van der Waals surface area contributed by atoms with Crippen LogP contribution in [0.3, 0.4) is 0 Å². The molecule has 2 unspecified atom stereocenters. The molecule has 3 aliphatic rings. The normalized spacial score (nSPS) is 26.6. The molecule has 2 bridgehead atoms. The standard InChI is InChI=1S/C30H36ClN3O6/c1-2-39-22-13-11-21(12-14-22)32-27(36)24-23-15-16-30(40-23)25(24)29(38)34(17-5-3-4-6-18-35)26(30)28(37)33-20-9-7-19(31)8-10-20/h7-14,23-26,35H,2-6,15-18H2,1H3,(H,32,36)(H,33,37)/t23-,24+,25-,26?,30?/m0/s1. The summed E-state index contributed by atoms with van der Waals surface area (Å²) in [4.78, 5) is 43.0. The van der Waals surface area contributed by atoms with Gasteiger partial charge >= 0.3 is 0 Å². The maximum Gasteiger partial charge on any atom is 0.250 e. The van der Waals surface area contributed by atoms with Gasteiger partial charge in [0.25, 0.3) is 0 Å². The highest BCUT2D eigenvalue weighted by Gasteiger charge is 2.74. The van der Waals surface area contributed by atoms with Gasteiger partial charge in [0.2, 0.25) is 17.7 Å². The lowest BCUT2D eigenvalue weighted by molar-refractivity contribution is -0.139. The van der Waals surface area contributed by atoms with Crippen molar-refractivity contribution in [3.05, 3.63) is 53.6 Å². The van der Waals surface area contributed by atoms with Crippen LogP contribution in [-0.4, -0.2) is 65.2 Å². The van der Waals surface area contributed by atoms with Crippen LogP contribution in [0.4, 0.5) is 11.4 Å². The molecule has 3 saturated heterocycles. The van der Waals surface area contributed by atoms with Crippen molar-refractivity contribution in [3.8, 4) is 5.75 Å². The Bertz CT molecular complexity index is 1220. The molecule has 1 spiro atoms. The van der Waals surface area contributed by atoms with Crippen LogP contribution in [0.5, 0.6) is 5.75 Å². The lowest BCUT2D eigenvalue weighted by Crippen LogP contribution is -2.53. The number of amides is 3. The summed E-state index contributed by atoms with van der Waals surface area (Å²) in [6.45, 7) is 2.95. The summed E-state index contributed by atoms with van der Waals surface area (Å²) in [5.74, 6) is -1.56. The Morgan fingerprint density at radius 1 is 1.02 bits per heavy atom. The van der Waals surface area contributed by atoms with Crippen LogP contribution in [0.25, 0.3) is 0 Å². The number of carbonyl (C=O) groups is 3. The quantitative estimate of drug-likeness (QED) is 0.329. The van der Waals surface area contributed by atoms with Crippen LogP contribution in [0.15, 0.2) is 48.5 Å². The summed E-state index contributed by atoms with van der Waals surface area (Å²) in [6, 6.07) is 13.1. The SMILES string of the molecule is CCOc1ccc(NC(=O)[C@@H]2[C@@H]3CCC4(O3)C(C(=O)Nc3ccc(Cl)cc3)N(CCCCCCO)C(=O)[C@H]24)cc1. The Hall–Kier alpha value is -3.14. The first kappa shape index (κ1) is 28.4. The van der Waals surface area contributed by atoms with Gasteiger partial charge in [-0.15, -0.1) is 0 Å². The summed E-state index contributed by atoms with van der Waals surface area (Å²) in [5, 5.41) is 15.6. The van der Waals surface area contributed by atoms with E-state index in [1.165, 1.54) is 0 Å². The smallest absolute Gasteiger partial charge is 0.250 e. The number of hydrogen-bond acceptors (Lipinski definition) is 6. The fraction of sp³-hybridized carbons (Fsp3) is 0.500. The number of halogens is 1. The van der Waals surface area contributed by atoms with E-state index in [-0.39, 0.29) is 24.3 Å². The third-order valence-corrected chi connectivity index (χ3v) is 8.45. The van der Waals surface area contributed by atoms with Crippen molar-refractivity contribution in [1.82, 2.24) is 4.90 Å². The number of nitrogens with zero attached hydrogens (tertiary/aromatic N) is 1. The largest absolute Gasteiger partial charge is 0.494 e. The second kappa shape index (κ2) is 12.2. The number of nitrogens with one attached hydrogen (secondary N) is 2. The molecule has 214 valence electrons. The molecule has 0 aliphatic carbocycles. The minimum absolute atomic E-state index is 0.125.